The van der Waals surface area contributed by atoms with Crippen molar-refractivity contribution in [2.45, 2.75) is 24.2 Å². The summed E-state index contributed by atoms with van der Waals surface area (Å²) in [5, 5.41) is 0. The first-order chi connectivity index (χ1) is 13.7. The average Bonchev–Trinajstić information content (AvgIpc) is 2.67. The maximum absolute atomic E-state index is 13.0. The number of ether oxygens (including phenoxy) is 1. The Balaban J connectivity index is 2.06. The highest BCUT2D eigenvalue weighted by atomic mass is 32.2. The van der Waals surface area contributed by atoms with Crippen molar-refractivity contribution in [1.29, 1.82) is 0 Å². The SMILES string of the molecule is COc1ccc(N2C(=O)CCCC2=O)cc1S(=O)(=O)Nc1ccccc1C(N)=O. The summed E-state index contributed by atoms with van der Waals surface area (Å²) in [6, 6.07) is 9.87. The van der Waals surface area contributed by atoms with Crippen molar-refractivity contribution in [2.24, 2.45) is 5.73 Å². The van der Waals surface area contributed by atoms with E-state index in [0.29, 0.717) is 6.42 Å². The highest BCUT2D eigenvalue weighted by molar-refractivity contribution is 7.92. The minimum absolute atomic E-state index is 0.00224. The fraction of sp³-hybridized carbons (Fsp3) is 0.211. The van der Waals surface area contributed by atoms with Gasteiger partial charge in [-0.3, -0.25) is 24.0 Å². The number of para-hydroxylation sites is 1. The summed E-state index contributed by atoms with van der Waals surface area (Å²) in [6.07, 6.45) is 0.856. The summed E-state index contributed by atoms with van der Waals surface area (Å²) in [4.78, 5) is 36.6. The third-order valence-electron chi connectivity index (χ3n) is 4.41. The average molecular weight is 417 g/mol. The Morgan fingerprint density at radius 3 is 2.38 bits per heavy atom. The predicted molar refractivity (Wildman–Crippen MR) is 105 cm³/mol. The molecule has 3 rings (SSSR count). The lowest BCUT2D eigenvalue weighted by Gasteiger charge is -2.25. The lowest BCUT2D eigenvalue weighted by molar-refractivity contribution is -0.129. The van der Waals surface area contributed by atoms with Crippen LogP contribution in [-0.4, -0.2) is 33.2 Å². The number of carbonyl (C=O) groups excluding carboxylic acids is 3. The van der Waals surface area contributed by atoms with Gasteiger partial charge in [-0.2, -0.15) is 0 Å². The molecular formula is C19H19N3O6S. The molecule has 1 aliphatic rings. The van der Waals surface area contributed by atoms with Crippen LogP contribution in [0.25, 0.3) is 0 Å². The van der Waals surface area contributed by atoms with Crippen LogP contribution in [0.2, 0.25) is 0 Å². The number of imide groups is 1. The van der Waals surface area contributed by atoms with Gasteiger partial charge in [-0.05, 0) is 36.8 Å². The van der Waals surface area contributed by atoms with Gasteiger partial charge in [0, 0.05) is 12.8 Å². The van der Waals surface area contributed by atoms with E-state index in [4.69, 9.17) is 10.5 Å². The maximum Gasteiger partial charge on any atom is 0.265 e. The maximum atomic E-state index is 13.0. The van der Waals surface area contributed by atoms with Crippen molar-refractivity contribution >= 4 is 39.1 Å². The van der Waals surface area contributed by atoms with E-state index >= 15 is 0 Å². The molecule has 0 unspecified atom stereocenters. The van der Waals surface area contributed by atoms with Gasteiger partial charge in [0.2, 0.25) is 11.8 Å². The molecule has 1 heterocycles. The molecule has 10 heteroatoms. The van der Waals surface area contributed by atoms with Crippen LogP contribution in [0.5, 0.6) is 5.75 Å². The Labute approximate surface area is 167 Å². The number of piperidine rings is 1. The second-order valence-electron chi connectivity index (χ2n) is 6.33. The Kier molecular flexibility index (Phi) is 5.55. The number of benzene rings is 2. The van der Waals surface area contributed by atoms with Crippen molar-refractivity contribution in [1.82, 2.24) is 0 Å². The molecule has 3 N–H and O–H groups in total. The minimum atomic E-state index is -4.24. The van der Waals surface area contributed by atoms with Gasteiger partial charge in [0.15, 0.2) is 0 Å². The van der Waals surface area contributed by atoms with Crippen LogP contribution in [0.3, 0.4) is 0 Å². The standard InChI is InChI=1S/C19H19N3O6S/c1-28-15-10-9-12(22-17(23)7-4-8-18(22)24)11-16(15)29(26,27)21-14-6-3-2-5-13(14)19(20)25/h2-3,5-6,9-11,21H,4,7-8H2,1H3,(H2,20,25). The summed E-state index contributed by atoms with van der Waals surface area (Å²) in [6.45, 7) is 0. The molecule has 0 radical (unpaired) electrons. The molecule has 0 saturated carbocycles. The van der Waals surface area contributed by atoms with Gasteiger partial charge < -0.3 is 10.5 Å². The predicted octanol–water partition coefficient (Wildman–Crippen LogP) is 1.64. The van der Waals surface area contributed by atoms with Crippen molar-refractivity contribution in [3.05, 3.63) is 48.0 Å². The van der Waals surface area contributed by atoms with Crippen LogP contribution >= 0.6 is 0 Å². The zero-order valence-corrected chi connectivity index (χ0v) is 16.4. The van der Waals surface area contributed by atoms with Gasteiger partial charge in [0.1, 0.15) is 10.6 Å². The molecule has 0 spiro atoms. The zero-order valence-electron chi connectivity index (χ0n) is 15.5. The molecule has 0 bridgehead atoms. The van der Waals surface area contributed by atoms with Gasteiger partial charge in [-0.15, -0.1) is 0 Å². The lowest BCUT2D eigenvalue weighted by Crippen LogP contribution is -2.40. The largest absolute Gasteiger partial charge is 0.495 e. The summed E-state index contributed by atoms with van der Waals surface area (Å²) >= 11 is 0. The molecule has 1 fully saturated rings. The van der Waals surface area contributed by atoms with Crippen LogP contribution in [0.1, 0.15) is 29.6 Å². The van der Waals surface area contributed by atoms with E-state index in [0.717, 1.165) is 4.90 Å². The lowest BCUT2D eigenvalue weighted by atomic mass is 10.1. The Morgan fingerprint density at radius 2 is 1.76 bits per heavy atom. The minimum Gasteiger partial charge on any atom is -0.495 e. The Bertz CT molecular complexity index is 1080. The van der Waals surface area contributed by atoms with Crippen LogP contribution < -0.4 is 20.1 Å². The van der Waals surface area contributed by atoms with E-state index in [9.17, 15) is 22.8 Å². The number of primary amides is 1. The summed E-state index contributed by atoms with van der Waals surface area (Å²) in [5.41, 5.74) is 5.42. The molecule has 29 heavy (non-hydrogen) atoms. The summed E-state index contributed by atoms with van der Waals surface area (Å²) in [7, 11) is -2.95. The van der Waals surface area contributed by atoms with Gasteiger partial charge in [-0.1, -0.05) is 12.1 Å². The first-order valence-electron chi connectivity index (χ1n) is 8.70. The number of methoxy groups -OCH3 is 1. The van der Waals surface area contributed by atoms with Crippen molar-refractivity contribution in [3.63, 3.8) is 0 Å². The molecule has 9 nitrogen and oxygen atoms in total. The summed E-state index contributed by atoms with van der Waals surface area (Å²) in [5.74, 6) is -1.59. The van der Waals surface area contributed by atoms with E-state index in [1.165, 1.54) is 37.4 Å². The molecular weight excluding hydrogens is 398 g/mol. The second kappa shape index (κ2) is 7.92. The monoisotopic (exact) mass is 417 g/mol. The third kappa shape index (κ3) is 4.06. The van der Waals surface area contributed by atoms with Gasteiger partial charge in [0.25, 0.3) is 15.9 Å². The van der Waals surface area contributed by atoms with Gasteiger partial charge in [-0.25, -0.2) is 8.42 Å². The second-order valence-corrected chi connectivity index (χ2v) is 7.98. The normalized spacial score (nSPS) is 14.6. The van der Waals surface area contributed by atoms with E-state index in [2.05, 4.69) is 4.72 Å². The van der Waals surface area contributed by atoms with Crippen molar-refractivity contribution in [3.8, 4) is 5.75 Å². The smallest absolute Gasteiger partial charge is 0.265 e. The molecule has 0 atom stereocenters. The number of anilines is 2. The van der Waals surface area contributed by atoms with E-state index < -0.39 is 27.7 Å². The van der Waals surface area contributed by atoms with Crippen LogP contribution in [0, 0.1) is 0 Å². The Hall–Kier alpha value is -3.40. The number of sulfonamides is 1. The molecule has 0 aromatic heterocycles. The quantitative estimate of drug-likeness (QED) is 0.686. The highest BCUT2D eigenvalue weighted by Gasteiger charge is 2.30. The van der Waals surface area contributed by atoms with Crippen LogP contribution in [-0.2, 0) is 19.6 Å². The third-order valence-corrected chi connectivity index (χ3v) is 5.80. The summed E-state index contributed by atoms with van der Waals surface area (Å²) < 4.78 is 33.5. The number of nitrogens with two attached hydrogens (primary N) is 1. The molecule has 2 aromatic carbocycles. The zero-order chi connectivity index (χ0) is 21.2. The Morgan fingerprint density at radius 1 is 1.10 bits per heavy atom. The molecule has 1 saturated heterocycles. The fourth-order valence-corrected chi connectivity index (χ4v) is 4.31. The number of nitrogens with one attached hydrogen (secondary N) is 1. The highest BCUT2D eigenvalue weighted by Crippen LogP contribution is 2.32. The topological polar surface area (TPSA) is 136 Å². The van der Waals surface area contributed by atoms with Gasteiger partial charge in [0.05, 0.1) is 24.0 Å². The number of nitrogens with zero attached hydrogens (tertiary/aromatic N) is 1. The van der Waals surface area contributed by atoms with Crippen LogP contribution in [0.15, 0.2) is 47.4 Å². The first-order valence-corrected chi connectivity index (χ1v) is 10.2. The van der Waals surface area contributed by atoms with Crippen LogP contribution in [0.4, 0.5) is 11.4 Å². The molecule has 152 valence electrons. The number of rotatable bonds is 6. The van der Waals surface area contributed by atoms with E-state index in [1.807, 2.05) is 0 Å². The number of carbonyl (C=O) groups is 3. The van der Waals surface area contributed by atoms with E-state index in [1.54, 1.807) is 12.1 Å². The number of hydrogen-bond donors (Lipinski definition) is 2. The van der Waals surface area contributed by atoms with E-state index in [-0.39, 0.29) is 40.4 Å². The molecule has 2 aromatic rings. The fourth-order valence-electron chi connectivity index (χ4n) is 3.04. The first kappa shape index (κ1) is 20.3. The molecule has 3 amide bonds. The van der Waals surface area contributed by atoms with Crippen molar-refractivity contribution in [2.75, 3.05) is 16.7 Å². The molecule has 1 aliphatic heterocycles. The van der Waals surface area contributed by atoms with Gasteiger partial charge >= 0.3 is 0 Å². The molecule has 0 aliphatic carbocycles. The van der Waals surface area contributed by atoms with Crippen molar-refractivity contribution < 1.29 is 27.5 Å². The number of amides is 3. The number of hydrogen-bond acceptors (Lipinski definition) is 6.